The quantitative estimate of drug-likeness (QED) is 0.818. The van der Waals surface area contributed by atoms with Crippen molar-refractivity contribution in [2.24, 2.45) is 0 Å². The van der Waals surface area contributed by atoms with Gasteiger partial charge in [-0.1, -0.05) is 17.7 Å². The molecule has 0 saturated heterocycles. The molecule has 6 heteroatoms. The Morgan fingerprint density at radius 1 is 1.35 bits per heavy atom. The Labute approximate surface area is 123 Å². The highest BCUT2D eigenvalue weighted by molar-refractivity contribution is 6.30. The molecule has 0 saturated carbocycles. The average molecular weight is 300 g/mol. The number of nitrogens with one attached hydrogen (secondary N) is 1. The summed E-state index contributed by atoms with van der Waals surface area (Å²) in [4.78, 5) is 23.3. The van der Waals surface area contributed by atoms with Crippen LogP contribution >= 0.6 is 11.6 Å². The summed E-state index contributed by atoms with van der Waals surface area (Å²) < 4.78 is 10.3. The molecule has 5 nitrogen and oxygen atoms in total. The Balaban J connectivity index is 2.53. The van der Waals surface area contributed by atoms with Crippen LogP contribution in [-0.2, 0) is 14.3 Å². The fraction of sp³-hybridized carbons (Fsp3) is 0.429. The number of halogens is 1. The van der Waals surface area contributed by atoms with Crippen molar-refractivity contribution in [1.29, 1.82) is 0 Å². The van der Waals surface area contributed by atoms with Crippen LogP contribution in [0.2, 0.25) is 5.02 Å². The standard InChI is InChI=1S/C14H18ClNO4/c1-4-19-14(18)9(2)16-13(17)10(3)20-12-7-5-6-11(15)8-12/h5-10H,4H2,1-3H3,(H,16,17). The Hall–Kier alpha value is -1.75. The molecule has 0 aromatic heterocycles. The summed E-state index contributed by atoms with van der Waals surface area (Å²) in [6, 6.07) is 6.03. The first-order chi connectivity index (χ1) is 9.43. The molecule has 2 unspecified atom stereocenters. The van der Waals surface area contributed by atoms with Crippen LogP contribution in [0.15, 0.2) is 24.3 Å². The molecule has 2 atom stereocenters. The second-order valence-electron chi connectivity index (χ2n) is 4.20. The first-order valence-electron chi connectivity index (χ1n) is 6.33. The van der Waals surface area contributed by atoms with Crippen molar-refractivity contribution in [1.82, 2.24) is 5.32 Å². The number of benzene rings is 1. The highest BCUT2D eigenvalue weighted by atomic mass is 35.5. The van der Waals surface area contributed by atoms with Gasteiger partial charge in [-0.15, -0.1) is 0 Å². The number of hydrogen-bond donors (Lipinski definition) is 1. The van der Waals surface area contributed by atoms with Crippen LogP contribution in [0.5, 0.6) is 5.75 Å². The monoisotopic (exact) mass is 299 g/mol. The van der Waals surface area contributed by atoms with Gasteiger partial charge in [-0.25, -0.2) is 4.79 Å². The summed E-state index contributed by atoms with van der Waals surface area (Å²) in [5.74, 6) is -0.384. The van der Waals surface area contributed by atoms with E-state index in [-0.39, 0.29) is 6.61 Å². The van der Waals surface area contributed by atoms with E-state index in [0.29, 0.717) is 10.8 Å². The molecular weight excluding hydrogens is 282 g/mol. The van der Waals surface area contributed by atoms with Gasteiger partial charge in [0.15, 0.2) is 6.10 Å². The smallest absolute Gasteiger partial charge is 0.328 e. The first kappa shape index (κ1) is 16.3. The summed E-state index contributed by atoms with van der Waals surface area (Å²) in [6.07, 6.45) is -0.745. The van der Waals surface area contributed by atoms with Crippen molar-refractivity contribution in [2.45, 2.75) is 32.9 Å². The molecule has 1 amide bonds. The van der Waals surface area contributed by atoms with E-state index in [9.17, 15) is 9.59 Å². The van der Waals surface area contributed by atoms with E-state index in [4.69, 9.17) is 21.1 Å². The number of ether oxygens (including phenoxy) is 2. The Bertz CT molecular complexity index is 478. The van der Waals surface area contributed by atoms with E-state index in [2.05, 4.69) is 5.32 Å². The fourth-order valence-corrected chi connectivity index (χ4v) is 1.64. The summed E-state index contributed by atoms with van der Waals surface area (Å²) in [7, 11) is 0. The zero-order valence-corrected chi connectivity index (χ0v) is 12.4. The second kappa shape index (κ2) is 7.75. The minimum atomic E-state index is -0.745. The molecule has 0 aliphatic rings. The van der Waals surface area contributed by atoms with E-state index >= 15 is 0 Å². The van der Waals surface area contributed by atoms with Crippen LogP contribution < -0.4 is 10.1 Å². The van der Waals surface area contributed by atoms with Crippen molar-refractivity contribution < 1.29 is 19.1 Å². The van der Waals surface area contributed by atoms with Crippen LogP contribution in [0.1, 0.15) is 20.8 Å². The average Bonchev–Trinajstić information content (AvgIpc) is 2.38. The number of carbonyl (C=O) groups excluding carboxylic acids is 2. The minimum absolute atomic E-state index is 0.271. The van der Waals surface area contributed by atoms with Gasteiger partial charge in [0.05, 0.1) is 6.61 Å². The molecule has 1 aromatic carbocycles. The topological polar surface area (TPSA) is 64.6 Å². The number of hydrogen-bond acceptors (Lipinski definition) is 4. The lowest BCUT2D eigenvalue weighted by Gasteiger charge is -2.17. The Kier molecular flexibility index (Phi) is 6.31. The van der Waals surface area contributed by atoms with Gasteiger partial charge in [-0.05, 0) is 39.0 Å². The maximum atomic E-state index is 11.9. The molecule has 0 radical (unpaired) electrons. The van der Waals surface area contributed by atoms with Crippen LogP contribution in [0.4, 0.5) is 0 Å². The molecule has 0 spiro atoms. The Morgan fingerprint density at radius 2 is 2.05 bits per heavy atom. The van der Waals surface area contributed by atoms with Crippen LogP contribution in [-0.4, -0.2) is 30.6 Å². The summed E-state index contributed by atoms with van der Waals surface area (Å²) >= 11 is 5.83. The van der Waals surface area contributed by atoms with Gasteiger partial charge >= 0.3 is 5.97 Å². The summed E-state index contributed by atoms with van der Waals surface area (Å²) in [5.41, 5.74) is 0. The molecule has 110 valence electrons. The molecule has 0 aliphatic carbocycles. The zero-order valence-electron chi connectivity index (χ0n) is 11.7. The lowest BCUT2D eigenvalue weighted by atomic mass is 10.3. The van der Waals surface area contributed by atoms with Gasteiger partial charge in [0.25, 0.3) is 5.91 Å². The van der Waals surface area contributed by atoms with Crippen molar-refractivity contribution in [3.63, 3.8) is 0 Å². The number of rotatable bonds is 6. The van der Waals surface area contributed by atoms with Gasteiger partial charge in [0.2, 0.25) is 0 Å². The van der Waals surface area contributed by atoms with E-state index in [1.807, 2.05) is 0 Å². The molecule has 1 rings (SSSR count). The number of esters is 1. The third-order valence-corrected chi connectivity index (χ3v) is 2.71. The molecule has 0 bridgehead atoms. The summed E-state index contributed by atoms with van der Waals surface area (Å²) in [6.45, 7) is 5.13. The maximum Gasteiger partial charge on any atom is 0.328 e. The molecule has 1 N–H and O–H groups in total. The van der Waals surface area contributed by atoms with E-state index < -0.39 is 24.0 Å². The lowest BCUT2D eigenvalue weighted by Crippen LogP contribution is -2.45. The van der Waals surface area contributed by atoms with Crippen LogP contribution in [0.3, 0.4) is 0 Å². The SMILES string of the molecule is CCOC(=O)C(C)NC(=O)C(C)Oc1cccc(Cl)c1. The van der Waals surface area contributed by atoms with Crippen LogP contribution in [0, 0.1) is 0 Å². The number of amides is 1. The van der Waals surface area contributed by atoms with Crippen molar-refractivity contribution in [2.75, 3.05) is 6.61 Å². The van der Waals surface area contributed by atoms with Gasteiger partial charge in [0, 0.05) is 5.02 Å². The van der Waals surface area contributed by atoms with E-state index in [1.165, 1.54) is 0 Å². The predicted molar refractivity (Wildman–Crippen MR) is 75.8 cm³/mol. The molecule has 0 fully saturated rings. The normalized spacial score (nSPS) is 13.2. The van der Waals surface area contributed by atoms with Crippen molar-refractivity contribution >= 4 is 23.5 Å². The minimum Gasteiger partial charge on any atom is -0.481 e. The molecular formula is C14H18ClNO4. The second-order valence-corrected chi connectivity index (χ2v) is 4.64. The third kappa shape index (κ3) is 5.09. The molecule has 0 aliphatic heterocycles. The van der Waals surface area contributed by atoms with Gasteiger partial charge in [-0.2, -0.15) is 0 Å². The predicted octanol–water partition coefficient (Wildman–Crippen LogP) is 2.18. The number of carbonyl (C=O) groups is 2. The molecule has 0 heterocycles. The summed E-state index contributed by atoms with van der Waals surface area (Å²) in [5, 5.41) is 3.05. The van der Waals surface area contributed by atoms with Crippen LogP contribution in [0.25, 0.3) is 0 Å². The Morgan fingerprint density at radius 3 is 2.65 bits per heavy atom. The van der Waals surface area contributed by atoms with Gasteiger partial charge in [-0.3, -0.25) is 4.79 Å². The highest BCUT2D eigenvalue weighted by Crippen LogP contribution is 2.18. The lowest BCUT2D eigenvalue weighted by molar-refractivity contribution is -0.147. The highest BCUT2D eigenvalue weighted by Gasteiger charge is 2.21. The van der Waals surface area contributed by atoms with Gasteiger partial charge in [0.1, 0.15) is 11.8 Å². The van der Waals surface area contributed by atoms with Gasteiger partial charge < -0.3 is 14.8 Å². The first-order valence-corrected chi connectivity index (χ1v) is 6.71. The maximum absolute atomic E-state index is 11.9. The van der Waals surface area contributed by atoms with E-state index in [0.717, 1.165) is 0 Å². The zero-order chi connectivity index (χ0) is 15.1. The fourth-order valence-electron chi connectivity index (χ4n) is 1.45. The largest absolute Gasteiger partial charge is 0.481 e. The third-order valence-electron chi connectivity index (χ3n) is 2.48. The van der Waals surface area contributed by atoms with Crippen molar-refractivity contribution in [3.8, 4) is 5.75 Å². The van der Waals surface area contributed by atoms with E-state index in [1.54, 1.807) is 45.0 Å². The van der Waals surface area contributed by atoms with Crippen molar-refractivity contribution in [3.05, 3.63) is 29.3 Å². The molecule has 20 heavy (non-hydrogen) atoms. The molecule has 1 aromatic rings.